The second kappa shape index (κ2) is 3.83. The van der Waals surface area contributed by atoms with Crippen LogP contribution in [0.3, 0.4) is 0 Å². The molecule has 1 aliphatic carbocycles. The molecule has 0 unspecified atom stereocenters. The SMILES string of the molecule is Cn1cc(N)cc1C(=O)NCC1(O)CCC1. The van der Waals surface area contributed by atoms with Crippen LogP contribution in [0.1, 0.15) is 29.8 Å². The lowest BCUT2D eigenvalue weighted by atomic mass is 9.80. The summed E-state index contributed by atoms with van der Waals surface area (Å²) in [5.74, 6) is -0.195. The minimum atomic E-state index is -0.688. The highest BCUT2D eigenvalue weighted by Gasteiger charge is 2.34. The van der Waals surface area contributed by atoms with Crippen molar-refractivity contribution in [3.8, 4) is 0 Å². The molecule has 16 heavy (non-hydrogen) atoms. The molecule has 0 spiro atoms. The van der Waals surface area contributed by atoms with Crippen LogP contribution in [0, 0.1) is 0 Å². The third-order valence-electron chi connectivity index (χ3n) is 3.12. The molecule has 5 heteroatoms. The Balaban J connectivity index is 1.95. The zero-order valence-electron chi connectivity index (χ0n) is 9.36. The number of anilines is 1. The lowest BCUT2D eigenvalue weighted by molar-refractivity contribution is -0.0301. The quantitative estimate of drug-likeness (QED) is 0.687. The van der Waals surface area contributed by atoms with E-state index in [1.54, 1.807) is 23.9 Å². The number of nitrogens with two attached hydrogens (primary N) is 1. The molecule has 0 radical (unpaired) electrons. The van der Waals surface area contributed by atoms with E-state index in [2.05, 4.69) is 5.32 Å². The number of aryl methyl sites for hydroxylation is 1. The summed E-state index contributed by atoms with van der Waals surface area (Å²) in [4.78, 5) is 11.8. The van der Waals surface area contributed by atoms with Gasteiger partial charge in [-0.25, -0.2) is 0 Å². The zero-order valence-corrected chi connectivity index (χ0v) is 9.36. The molecule has 1 heterocycles. The molecule has 1 aromatic heterocycles. The number of nitrogen functional groups attached to an aromatic ring is 1. The fourth-order valence-electron chi connectivity index (χ4n) is 1.91. The van der Waals surface area contributed by atoms with Crippen LogP contribution in [0.15, 0.2) is 12.3 Å². The molecule has 1 amide bonds. The molecular formula is C11H17N3O2. The number of rotatable bonds is 3. The van der Waals surface area contributed by atoms with Crippen LogP contribution in [-0.4, -0.2) is 27.7 Å². The number of carbonyl (C=O) groups excluding carboxylic acids is 1. The standard InChI is InChI=1S/C11H17N3O2/c1-14-6-8(12)5-9(14)10(15)13-7-11(16)3-2-4-11/h5-6,16H,2-4,7,12H2,1H3,(H,13,15). The van der Waals surface area contributed by atoms with E-state index >= 15 is 0 Å². The largest absolute Gasteiger partial charge is 0.397 e. The van der Waals surface area contributed by atoms with Crippen LogP contribution in [0.4, 0.5) is 5.69 Å². The van der Waals surface area contributed by atoms with Crippen LogP contribution in [-0.2, 0) is 7.05 Å². The highest BCUT2D eigenvalue weighted by Crippen LogP contribution is 2.30. The lowest BCUT2D eigenvalue weighted by Gasteiger charge is -2.36. The number of nitrogens with zero attached hydrogens (tertiary/aromatic N) is 1. The molecule has 2 rings (SSSR count). The maximum Gasteiger partial charge on any atom is 0.268 e. The average Bonchev–Trinajstić information content (AvgIpc) is 2.51. The lowest BCUT2D eigenvalue weighted by Crippen LogP contribution is -2.48. The van der Waals surface area contributed by atoms with Crippen LogP contribution in [0.2, 0.25) is 0 Å². The topological polar surface area (TPSA) is 80.3 Å². The Morgan fingerprint density at radius 2 is 2.38 bits per heavy atom. The Morgan fingerprint density at radius 1 is 1.69 bits per heavy atom. The Kier molecular flexibility index (Phi) is 2.63. The first-order valence-electron chi connectivity index (χ1n) is 5.43. The summed E-state index contributed by atoms with van der Waals surface area (Å²) in [5.41, 5.74) is 5.98. The number of hydrogen-bond acceptors (Lipinski definition) is 3. The first-order valence-corrected chi connectivity index (χ1v) is 5.43. The van der Waals surface area contributed by atoms with Crippen LogP contribution in [0.5, 0.6) is 0 Å². The van der Waals surface area contributed by atoms with Crippen molar-refractivity contribution in [2.45, 2.75) is 24.9 Å². The molecule has 4 N–H and O–H groups in total. The first-order chi connectivity index (χ1) is 7.50. The number of amides is 1. The summed E-state index contributed by atoms with van der Waals surface area (Å²) in [5, 5.41) is 12.6. The third kappa shape index (κ3) is 2.04. The van der Waals surface area contributed by atoms with Gasteiger partial charge in [0.05, 0.1) is 11.3 Å². The zero-order chi connectivity index (χ0) is 11.8. The molecule has 0 bridgehead atoms. The summed E-state index contributed by atoms with van der Waals surface area (Å²) >= 11 is 0. The second-order valence-corrected chi connectivity index (χ2v) is 4.53. The van der Waals surface area contributed by atoms with Crippen molar-refractivity contribution < 1.29 is 9.90 Å². The highest BCUT2D eigenvalue weighted by molar-refractivity contribution is 5.93. The fraction of sp³-hybridized carbons (Fsp3) is 0.545. The molecular weight excluding hydrogens is 206 g/mol. The molecule has 1 saturated carbocycles. The Labute approximate surface area is 94.2 Å². The molecule has 0 aromatic carbocycles. The summed E-state index contributed by atoms with van der Waals surface area (Å²) in [6.45, 7) is 0.316. The van der Waals surface area contributed by atoms with Crippen molar-refractivity contribution in [3.63, 3.8) is 0 Å². The van der Waals surface area contributed by atoms with Crippen molar-refractivity contribution in [1.82, 2.24) is 9.88 Å². The van der Waals surface area contributed by atoms with Crippen molar-refractivity contribution in [1.29, 1.82) is 0 Å². The molecule has 5 nitrogen and oxygen atoms in total. The normalized spacial score (nSPS) is 17.9. The van der Waals surface area contributed by atoms with Gasteiger partial charge < -0.3 is 20.7 Å². The number of hydrogen-bond donors (Lipinski definition) is 3. The maximum absolute atomic E-state index is 11.8. The number of nitrogens with one attached hydrogen (secondary N) is 1. The second-order valence-electron chi connectivity index (χ2n) is 4.53. The molecule has 0 atom stereocenters. The third-order valence-corrected chi connectivity index (χ3v) is 3.12. The predicted octanol–water partition coefficient (Wildman–Crippen LogP) is 0.252. The highest BCUT2D eigenvalue weighted by atomic mass is 16.3. The smallest absolute Gasteiger partial charge is 0.268 e. The van der Waals surface area contributed by atoms with Gasteiger partial charge in [-0.2, -0.15) is 0 Å². The van der Waals surface area contributed by atoms with Crippen molar-refractivity contribution >= 4 is 11.6 Å². The summed E-state index contributed by atoms with van der Waals surface area (Å²) in [7, 11) is 1.77. The van der Waals surface area contributed by atoms with Crippen molar-refractivity contribution in [3.05, 3.63) is 18.0 Å². The molecule has 1 aliphatic rings. The van der Waals surface area contributed by atoms with Gasteiger partial charge in [0.25, 0.3) is 5.91 Å². The van der Waals surface area contributed by atoms with Gasteiger partial charge in [0.1, 0.15) is 5.69 Å². The summed E-state index contributed by atoms with van der Waals surface area (Å²) in [6.07, 6.45) is 4.25. The van der Waals surface area contributed by atoms with E-state index in [0.29, 0.717) is 17.9 Å². The van der Waals surface area contributed by atoms with Gasteiger partial charge >= 0.3 is 0 Å². The van der Waals surface area contributed by atoms with Gasteiger partial charge in [-0.3, -0.25) is 4.79 Å². The van der Waals surface area contributed by atoms with Gasteiger partial charge in [-0.05, 0) is 25.3 Å². The average molecular weight is 223 g/mol. The van der Waals surface area contributed by atoms with E-state index < -0.39 is 5.60 Å². The Bertz CT molecular complexity index is 407. The predicted molar refractivity (Wildman–Crippen MR) is 61.0 cm³/mol. The van der Waals surface area contributed by atoms with Gasteiger partial charge in [-0.15, -0.1) is 0 Å². The minimum Gasteiger partial charge on any atom is -0.397 e. The minimum absolute atomic E-state index is 0.195. The molecule has 0 saturated heterocycles. The van der Waals surface area contributed by atoms with Gasteiger partial charge in [0.2, 0.25) is 0 Å². The Morgan fingerprint density at radius 3 is 2.81 bits per heavy atom. The summed E-state index contributed by atoms with van der Waals surface area (Å²) < 4.78 is 1.68. The van der Waals surface area contributed by atoms with E-state index in [4.69, 9.17) is 5.73 Å². The monoisotopic (exact) mass is 223 g/mol. The van der Waals surface area contributed by atoms with Crippen LogP contribution >= 0.6 is 0 Å². The molecule has 0 aliphatic heterocycles. The van der Waals surface area contributed by atoms with Gasteiger partial charge in [-0.1, -0.05) is 0 Å². The Hall–Kier alpha value is -1.49. The van der Waals surface area contributed by atoms with Crippen LogP contribution < -0.4 is 11.1 Å². The molecule has 88 valence electrons. The number of aliphatic hydroxyl groups is 1. The summed E-state index contributed by atoms with van der Waals surface area (Å²) in [6, 6.07) is 1.63. The van der Waals surface area contributed by atoms with E-state index in [1.165, 1.54) is 0 Å². The van der Waals surface area contributed by atoms with E-state index in [-0.39, 0.29) is 5.91 Å². The van der Waals surface area contributed by atoms with E-state index in [9.17, 15) is 9.90 Å². The molecule has 1 aromatic rings. The van der Waals surface area contributed by atoms with Crippen molar-refractivity contribution in [2.24, 2.45) is 7.05 Å². The number of aromatic nitrogens is 1. The van der Waals surface area contributed by atoms with E-state index in [1.807, 2.05) is 0 Å². The number of carbonyl (C=O) groups is 1. The fourth-order valence-corrected chi connectivity index (χ4v) is 1.91. The van der Waals surface area contributed by atoms with Gasteiger partial charge in [0.15, 0.2) is 0 Å². The van der Waals surface area contributed by atoms with Crippen LogP contribution in [0.25, 0.3) is 0 Å². The van der Waals surface area contributed by atoms with Crippen molar-refractivity contribution in [2.75, 3.05) is 12.3 Å². The molecule has 1 fully saturated rings. The van der Waals surface area contributed by atoms with E-state index in [0.717, 1.165) is 19.3 Å². The van der Waals surface area contributed by atoms with Gasteiger partial charge in [0, 0.05) is 19.8 Å². The maximum atomic E-state index is 11.8. The first kappa shape index (κ1) is 11.0.